The molecule has 0 aliphatic heterocycles. The number of nitrogens with one attached hydrogen (secondary N) is 2. The van der Waals surface area contributed by atoms with Gasteiger partial charge in [0.2, 0.25) is 5.91 Å². The first-order valence-electron chi connectivity index (χ1n) is 10.2. The second-order valence-corrected chi connectivity index (χ2v) is 10.7. The van der Waals surface area contributed by atoms with E-state index in [0.29, 0.717) is 28.6 Å². The predicted octanol–water partition coefficient (Wildman–Crippen LogP) is 5.97. The SMILES string of the molecule is CCC(Sc1ccc(Cl)cc1)C(=O)Nc1ccc(S(=O)(=O)Nc2cc(C)ccc2OC)cc1. The van der Waals surface area contributed by atoms with Crippen molar-refractivity contribution in [3.8, 4) is 5.75 Å². The Morgan fingerprint density at radius 2 is 1.73 bits per heavy atom. The first-order valence-corrected chi connectivity index (χ1v) is 13.0. The lowest BCUT2D eigenvalue weighted by Gasteiger charge is -2.15. The summed E-state index contributed by atoms with van der Waals surface area (Å²) < 4.78 is 33.5. The number of thioether (sulfide) groups is 1. The number of ether oxygens (including phenoxy) is 1. The van der Waals surface area contributed by atoms with Crippen LogP contribution >= 0.6 is 23.4 Å². The lowest BCUT2D eigenvalue weighted by Crippen LogP contribution is -2.24. The smallest absolute Gasteiger partial charge is 0.262 e. The Morgan fingerprint density at radius 1 is 1.06 bits per heavy atom. The van der Waals surface area contributed by atoms with E-state index in [1.165, 1.54) is 31.0 Å². The van der Waals surface area contributed by atoms with Crippen molar-refractivity contribution in [1.82, 2.24) is 0 Å². The van der Waals surface area contributed by atoms with E-state index in [-0.39, 0.29) is 16.1 Å². The molecule has 0 aromatic heterocycles. The third-order valence-corrected chi connectivity index (χ3v) is 7.80. The Morgan fingerprint density at radius 3 is 2.33 bits per heavy atom. The largest absolute Gasteiger partial charge is 0.495 e. The van der Waals surface area contributed by atoms with Crippen LogP contribution < -0.4 is 14.8 Å². The maximum Gasteiger partial charge on any atom is 0.262 e. The summed E-state index contributed by atoms with van der Waals surface area (Å²) in [6.07, 6.45) is 0.633. The van der Waals surface area contributed by atoms with Gasteiger partial charge in [-0.05, 0) is 79.6 Å². The molecule has 33 heavy (non-hydrogen) atoms. The molecule has 0 spiro atoms. The van der Waals surface area contributed by atoms with Crippen molar-refractivity contribution < 1.29 is 17.9 Å². The maximum absolute atomic E-state index is 12.8. The minimum atomic E-state index is -3.83. The fraction of sp³-hybridized carbons (Fsp3) is 0.208. The number of aryl methyl sites for hydroxylation is 1. The fourth-order valence-electron chi connectivity index (χ4n) is 3.05. The van der Waals surface area contributed by atoms with Gasteiger partial charge in [-0.2, -0.15) is 0 Å². The molecule has 0 aliphatic rings. The standard InChI is InChI=1S/C24H25ClN2O4S2/c1-4-23(32-19-10-6-17(25)7-11-19)24(28)26-18-8-12-20(13-9-18)33(29,30)27-21-15-16(2)5-14-22(21)31-3/h5-15,23,27H,4H2,1-3H3,(H,26,28). The average molecular weight is 505 g/mol. The number of methoxy groups -OCH3 is 1. The van der Waals surface area contributed by atoms with Crippen LogP contribution in [0.25, 0.3) is 0 Å². The summed E-state index contributed by atoms with van der Waals surface area (Å²) in [5, 5.41) is 3.20. The molecule has 3 aromatic rings. The fourth-order valence-corrected chi connectivity index (χ4v) is 5.19. The first-order chi connectivity index (χ1) is 15.7. The third-order valence-electron chi connectivity index (χ3n) is 4.79. The van der Waals surface area contributed by atoms with E-state index in [0.717, 1.165) is 10.5 Å². The van der Waals surface area contributed by atoms with E-state index >= 15 is 0 Å². The van der Waals surface area contributed by atoms with Crippen molar-refractivity contribution in [2.75, 3.05) is 17.1 Å². The number of hydrogen-bond donors (Lipinski definition) is 2. The van der Waals surface area contributed by atoms with Gasteiger partial charge in [-0.15, -0.1) is 11.8 Å². The molecule has 1 amide bonds. The molecular formula is C24H25ClN2O4S2. The molecule has 174 valence electrons. The van der Waals surface area contributed by atoms with Crippen molar-refractivity contribution in [2.45, 2.75) is 35.3 Å². The van der Waals surface area contributed by atoms with Crippen LogP contribution in [0.5, 0.6) is 5.75 Å². The monoisotopic (exact) mass is 504 g/mol. The average Bonchev–Trinajstić information content (AvgIpc) is 2.79. The molecule has 0 saturated carbocycles. The van der Waals surface area contributed by atoms with Gasteiger partial charge in [-0.3, -0.25) is 9.52 Å². The summed E-state index contributed by atoms with van der Waals surface area (Å²) in [5.74, 6) is 0.271. The van der Waals surface area contributed by atoms with Gasteiger partial charge in [0.1, 0.15) is 5.75 Å². The molecule has 1 atom stereocenters. The van der Waals surface area contributed by atoms with E-state index in [4.69, 9.17) is 16.3 Å². The van der Waals surface area contributed by atoms with Crippen LogP contribution in [0.3, 0.4) is 0 Å². The van der Waals surface area contributed by atoms with Crippen LogP contribution in [-0.2, 0) is 14.8 Å². The quantitative estimate of drug-likeness (QED) is 0.351. The summed E-state index contributed by atoms with van der Waals surface area (Å²) in [6.45, 7) is 3.80. The molecule has 2 N–H and O–H groups in total. The Kier molecular flexibility index (Phi) is 8.29. The van der Waals surface area contributed by atoms with Crippen LogP contribution in [-0.4, -0.2) is 26.7 Å². The zero-order valence-corrected chi connectivity index (χ0v) is 20.9. The van der Waals surface area contributed by atoms with E-state index < -0.39 is 10.0 Å². The number of sulfonamides is 1. The number of hydrogen-bond acceptors (Lipinski definition) is 5. The minimum absolute atomic E-state index is 0.0756. The lowest BCUT2D eigenvalue weighted by atomic mass is 10.2. The van der Waals surface area contributed by atoms with Crippen LogP contribution in [0.15, 0.2) is 76.5 Å². The second-order valence-electron chi connectivity index (χ2n) is 7.29. The topological polar surface area (TPSA) is 84.5 Å². The summed E-state index contributed by atoms with van der Waals surface area (Å²) in [6, 6.07) is 18.6. The molecule has 0 saturated heterocycles. The van der Waals surface area contributed by atoms with Gasteiger partial charge in [-0.1, -0.05) is 24.6 Å². The maximum atomic E-state index is 12.8. The number of carbonyl (C=O) groups excluding carboxylic acids is 1. The highest BCUT2D eigenvalue weighted by Crippen LogP contribution is 2.29. The number of benzene rings is 3. The van der Waals surface area contributed by atoms with Gasteiger partial charge in [0.05, 0.1) is 22.9 Å². The molecule has 0 bridgehead atoms. The number of carbonyl (C=O) groups is 1. The molecule has 0 heterocycles. The van der Waals surface area contributed by atoms with Gasteiger partial charge in [0, 0.05) is 15.6 Å². The third kappa shape index (κ3) is 6.66. The predicted molar refractivity (Wildman–Crippen MR) is 135 cm³/mol. The van der Waals surface area contributed by atoms with Crippen molar-refractivity contribution >= 4 is 50.7 Å². The molecule has 1 unspecified atom stereocenters. The Balaban J connectivity index is 1.69. The number of halogens is 1. The minimum Gasteiger partial charge on any atom is -0.495 e. The highest BCUT2D eigenvalue weighted by molar-refractivity contribution is 8.00. The summed E-state index contributed by atoms with van der Waals surface area (Å²) in [5.41, 5.74) is 1.77. The van der Waals surface area contributed by atoms with E-state index in [1.807, 2.05) is 32.0 Å². The highest BCUT2D eigenvalue weighted by Gasteiger charge is 2.20. The van der Waals surface area contributed by atoms with E-state index in [1.54, 1.807) is 36.4 Å². The van der Waals surface area contributed by atoms with Crippen LogP contribution in [0.2, 0.25) is 5.02 Å². The molecule has 3 aromatic carbocycles. The van der Waals surface area contributed by atoms with Gasteiger partial charge < -0.3 is 10.1 Å². The van der Waals surface area contributed by atoms with Crippen LogP contribution in [0.4, 0.5) is 11.4 Å². The summed E-state index contributed by atoms with van der Waals surface area (Å²) in [4.78, 5) is 13.8. The van der Waals surface area contributed by atoms with Crippen molar-refractivity contribution in [2.24, 2.45) is 0 Å². The van der Waals surface area contributed by atoms with Gasteiger partial charge in [-0.25, -0.2) is 8.42 Å². The first kappa shape index (κ1) is 25.0. The molecular weight excluding hydrogens is 480 g/mol. The zero-order valence-electron chi connectivity index (χ0n) is 18.5. The van der Waals surface area contributed by atoms with Crippen molar-refractivity contribution in [1.29, 1.82) is 0 Å². The van der Waals surface area contributed by atoms with E-state index in [2.05, 4.69) is 10.0 Å². The Bertz CT molecular complexity index is 1210. The zero-order chi connectivity index (χ0) is 24.0. The Hall–Kier alpha value is -2.68. The molecule has 6 nitrogen and oxygen atoms in total. The number of amides is 1. The lowest BCUT2D eigenvalue weighted by molar-refractivity contribution is -0.115. The highest BCUT2D eigenvalue weighted by atomic mass is 35.5. The molecule has 0 fully saturated rings. The van der Waals surface area contributed by atoms with Crippen molar-refractivity contribution in [3.63, 3.8) is 0 Å². The number of rotatable bonds is 9. The number of anilines is 2. The summed E-state index contributed by atoms with van der Waals surface area (Å²) >= 11 is 7.37. The Labute approximate surface area is 203 Å². The molecule has 9 heteroatoms. The summed E-state index contributed by atoms with van der Waals surface area (Å²) in [7, 11) is -2.35. The second kappa shape index (κ2) is 11.0. The van der Waals surface area contributed by atoms with Gasteiger partial charge in [0.25, 0.3) is 10.0 Å². The normalized spacial score (nSPS) is 12.1. The molecule has 3 rings (SSSR count). The molecule has 0 radical (unpaired) electrons. The van der Waals surface area contributed by atoms with Crippen LogP contribution in [0.1, 0.15) is 18.9 Å². The van der Waals surface area contributed by atoms with E-state index in [9.17, 15) is 13.2 Å². The van der Waals surface area contributed by atoms with Gasteiger partial charge in [0.15, 0.2) is 0 Å². The molecule has 0 aliphatic carbocycles. The van der Waals surface area contributed by atoms with Crippen LogP contribution in [0, 0.1) is 6.92 Å². The van der Waals surface area contributed by atoms with Gasteiger partial charge >= 0.3 is 0 Å². The van der Waals surface area contributed by atoms with Crippen molar-refractivity contribution in [3.05, 3.63) is 77.3 Å².